The van der Waals surface area contributed by atoms with Crippen LogP contribution in [0.2, 0.25) is 0 Å². The third-order valence-electron chi connectivity index (χ3n) is 2.29. The zero-order valence-electron chi connectivity index (χ0n) is 10.5. The maximum Gasteiger partial charge on any atom is 0.132 e. The molecule has 16 heavy (non-hydrogen) atoms. The highest BCUT2D eigenvalue weighted by Gasteiger charge is 2.00. The Morgan fingerprint density at radius 2 is 1.38 bits per heavy atom. The summed E-state index contributed by atoms with van der Waals surface area (Å²) in [6.45, 7) is 6.49. The van der Waals surface area contributed by atoms with Crippen molar-refractivity contribution in [3.05, 3.63) is 35.4 Å². The van der Waals surface area contributed by atoms with E-state index < -0.39 is 4.84 Å². The molecular formula is C14H22Cl2. The summed E-state index contributed by atoms with van der Waals surface area (Å²) in [5.74, 6) is 0. The first-order chi connectivity index (χ1) is 7.61. The lowest BCUT2D eigenvalue weighted by atomic mass is 10.2. The van der Waals surface area contributed by atoms with E-state index in [0.29, 0.717) is 0 Å². The molecule has 0 aromatic heterocycles. The zero-order chi connectivity index (χ0) is 12.4. The molecule has 92 valence electrons. The van der Waals surface area contributed by atoms with Gasteiger partial charge in [-0.25, -0.2) is 0 Å². The second kappa shape index (κ2) is 9.99. The van der Waals surface area contributed by atoms with Crippen molar-refractivity contribution in [2.75, 3.05) is 0 Å². The maximum absolute atomic E-state index is 5.62. The first kappa shape index (κ1) is 15.8. The van der Waals surface area contributed by atoms with Crippen LogP contribution in [-0.2, 0) is 0 Å². The van der Waals surface area contributed by atoms with Crippen molar-refractivity contribution in [1.82, 2.24) is 0 Å². The van der Waals surface area contributed by atoms with E-state index in [1.807, 2.05) is 31.2 Å². The van der Waals surface area contributed by atoms with Gasteiger partial charge in [0.05, 0.1) is 0 Å². The molecule has 0 aliphatic rings. The van der Waals surface area contributed by atoms with Gasteiger partial charge in [-0.1, -0.05) is 69.4 Å². The van der Waals surface area contributed by atoms with Gasteiger partial charge in [0, 0.05) is 0 Å². The van der Waals surface area contributed by atoms with E-state index in [4.69, 9.17) is 23.2 Å². The summed E-state index contributed by atoms with van der Waals surface area (Å²) in [5.41, 5.74) is 2.17. The van der Waals surface area contributed by atoms with Crippen LogP contribution < -0.4 is 0 Å². The topological polar surface area (TPSA) is 0 Å². The van der Waals surface area contributed by atoms with Gasteiger partial charge in [-0.2, -0.15) is 0 Å². The van der Waals surface area contributed by atoms with Crippen LogP contribution in [0.25, 0.3) is 0 Å². The molecule has 0 atom stereocenters. The smallest absolute Gasteiger partial charge is 0.100 e. The van der Waals surface area contributed by atoms with E-state index in [1.54, 1.807) is 0 Å². The molecule has 0 nitrogen and oxygen atoms in total. The van der Waals surface area contributed by atoms with Crippen LogP contribution in [0.5, 0.6) is 0 Å². The molecular weight excluding hydrogens is 239 g/mol. The summed E-state index contributed by atoms with van der Waals surface area (Å²) in [5, 5.41) is 0. The van der Waals surface area contributed by atoms with Gasteiger partial charge < -0.3 is 0 Å². The van der Waals surface area contributed by atoms with Crippen molar-refractivity contribution in [2.45, 2.75) is 51.3 Å². The second-order valence-corrected chi connectivity index (χ2v) is 5.01. The van der Waals surface area contributed by atoms with Crippen molar-refractivity contribution >= 4 is 23.2 Å². The molecule has 0 saturated carbocycles. The first-order valence-corrected chi connectivity index (χ1v) is 6.83. The predicted octanol–water partition coefficient (Wildman–Crippen LogP) is 6.06. The lowest BCUT2D eigenvalue weighted by Gasteiger charge is -1.99. The first-order valence-electron chi connectivity index (χ1n) is 5.96. The Kier molecular flexibility index (Phi) is 9.86. The molecule has 2 heteroatoms. The number of hydrogen-bond acceptors (Lipinski definition) is 0. The van der Waals surface area contributed by atoms with E-state index in [0.717, 1.165) is 5.56 Å². The lowest BCUT2D eigenvalue weighted by molar-refractivity contribution is 0.702. The van der Waals surface area contributed by atoms with E-state index in [1.165, 1.54) is 31.2 Å². The number of alkyl halides is 2. The predicted molar refractivity (Wildman–Crippen MR) is 75.4 cm³/mol. The summed E-state index contributed by atoms with van der Waals surface area (Å²) in [4.78, 5) is -0.402. The SMILES string of the molecule is CCCCCC.Cc1ccc(C(Cl)Cl)cc1. The summed E-state index contributed by atoms with van der Waals surface area (Å²) in [6.07, 6.45) is 5.54. The Hall–Kier alpha value is -0.200. The fourth-order valence-electron chi connectivity index (χ4n) is 1.21. The van der Waals surface area contributed by atoms with Crippen LogP contribution in [-0.4, -0.2) is 0 Å². The number of benzene rings is 1. The van der Waals surface area contributed by atoms with Gasteiger partial charge in [0.15, 0.2) is 0 Å². The molecule has 0 fully saturated rings. The zero-order valence-corrected chi connectivity index (χ0v) is 12.0. The van der Waals surface area contributed by atoms with Crippen molar-refractivity contribution in [3.8, 4) is 0 Å². The van der Waals surface area contributed by atoms with Gasteiger partial charge in [0.2, 0.25) is 0 Å². The number of rotatable bonds is 4. The lowest BCUT2D eigenvalue weighted by Crippen LogP contribution is -1.80. The van der Waals surface area contributed by atoms with Gasteiger partial charge in [-0.3, -0.25) is 0 Å². The van der Waals surface area contributed by atoms with Crippen LogP contribution in [0, 0.1) is 6.92 Å². The third-order valence-corrected chi connectivity index (χ3v) is 2.79. The molecule has 0 aliphatic heterocycles. The highest BCUT2D eigenvalue weighted by Crippen LogP contribution is 2.24. The molecule has 0 unspecified atom stereocenters. The Labute approximate surface area is 110 Å². The Morgan fingerprint density at radius 3 is 1.69 bits per heavy atom. The molecule has 0 amide bonds. The minimum absolute atomic E-state index is 0.402. The molecule has 0 spiro atoms. The van der Waals surface area contributed by atoms with Crippen LogP contribution in [0.15, 0.2) is 24.3 Å². The molecule has 0 heterocycles. The van der Waals surface area contributed by atoms with Crippen molar-refractivity contribution in [3.63, 3.8) is 0 Å². The van der Waals surface area contributed by atoms with Gasteiger partial charge in [-0.05, 0) is 12.5 Å². The van der Waals surface area contributed by atoms with E-state index >= 15 is 0 Å². The van der Waals surface area contributed by atoms with E-state index in [-0.39, 0.29) is 0 Å². The Balaban J connectivity index is 0.000000325. The van der Waals surface area contributed by atoms with Crippen molar-refractivity contribution < 1.29 is 0 Å². The highest BCUT2D eigenvalue weighted by molar-refractivity contribution is 6.44. The average molecular weight is 261 g/mol. The third kappa shape index (κ3) is 8.01. The largest absolute Gasteiger partial charge is 0.132 e. The fraction of sp³-hybridized carbons (Fsp3) is 0.571. The quantitative estimate of drug-likeness (QED) is 0.456. The Morgan fingerprint density at radius 1 is 0.938 bits per heavy atom. The summed E-state index contributed by atoms with van der Waals surface area (Å²) < 4.78 is 0. The normalized spacial score (nSPS) is 9.88. The number of halogens is 2. The average Bonchev–Trinajstić information content (AvgIpc) is 2.28. The summed E-state index contributed by atoms with van der Waals surface area (Å²) in [6, 6.07) is 7.85. The number of unbranched alkanes of at least 4 members (excludes halogenated alkanes) is 3. The van der Waals surface area contributed by atoms with Crippen molar-refractivity contribution in [2.24, 2.45) is 0 Å². The second-order valence-electron chi connectivity index (χ2n) is 3.92. The van der Waals surface area contributed by atoms with Crippen LogP contribution >= 0.6 is 23.2 Å². The van der Waals surface area contributed by atoms with Gasteiger partial charge in [-0.15, -0.1) is 23.2 Å². The fourth-order valence-corrected chi connectivity index (χ4v) is 1.50. The summed E-state index contributed by atoms with van der Waals surface area (Å²) >= 11 is 11.2. The molecule has 1 rings (SSSR count). The minimum atomic E-state index is -0.402. The van der Waals surface area contributed by atoms with E-state index in [9.17, 15) is 0 Å². The minimum Gasteiger partial charge on any atom is -0.100 e. The van der Waals surface area contributed by atoms with Gasteiger partial charge in [0.1, 0.15) is 4.84 Å². The van der Waals surface area contributed by atoms with Crippen LogP contribution in [0.4, 0.5) is 0 Å². The van der Waals surface area contributed by atoms with Gasteiger partial charge >= 0.3 is 0 Å². The Bertz CT molecular complexity index is 248. The molecule has 0 radical (unpaired) electrons. The molecule has 0 N–H and O–H groups in total. The monoisotopic (exact) mass is 260 g/mol. The van der Waals surface area contributed by atoms with Crippen molar-refractivity contribution in [1.29, 1.82) is 0 Å². The maximum atomic E-state index is 5.62. The van der Waals surface area contributed by atoms with Crippen LogP contribution in [0.3, 0.4) is 0 Å². The highest BCUT2D eigenvalue weighted by atomic mass is 35.5. The number of hydrogen-bond donors (Lipinski definition) is 0. The molecule has 0 saturated heterocycles. The van der Waals surface area contributed by atoms with Crippen LogP contribution in [0.1, 0.15) is 55.5 Å². The molecule has 0 aliphatic carbocycles. The molecule has 1 aromatic rings. The van der Waals surface area contributed by atoms with Gasteiger partial charge in [0.25, 0.3) is 0 Å². The van der Waals surface area contributed by atoms with E-state index in [2.05, 4.69) is 13.8 Å². The summed E-state index contributed by atoms with van der Waals surface area (Å²) in [7, 11) is 0. The number of aryl methyl sites for hydroxylation is 1. The standard InChI is InChI=1S/C8H8Cl2.C6H14/c1-6-2-4-7(5-3-6)8(9)10;1-3-5-6-4-2/h2-5,8H,1H3;3-6H2,1-2H3. The molecule has 0 bridgehead atoms. The molecule has 1 aromatic carbocycles.